The molecular formula is C24H16N4O7S. The molecule has 0 saturated heterocycles. The van der Waals surface area contributed by atoms with Crippen LogP contribution < -0.4 is 15.4 Å². The fourth-order valence-electron chi connectivity index (χ4n) is 3.42. The van der Waals surface area contributed by atoms with E-state index in [0.717, 1.165) is 4.70 Å². The minimum absolute atomic E-state index is 0.0223. The molecule has 0 radical (unpaired) electrons. The number of methoxy groups -OCH3 is 1. The van der Waals surface area contributed by atoms with E-state index in [0.29, 0.717) is 22.1 Å². The number of benzene rings is 2. The number of carbonyl (C=O) groups is 2. The number of amides is 2. The molecule has 0 aliphatic carbocycles. The molecule has 12 heteroatoms. The molecule has 0 bridgehead atoms. The number of furan rings is 2. The first-order valence-corrected chi connectivity index (χ1v) is 11.2. The van der Waals surface area contributed by atoms with Crippen molar-refractivity contribution in [3.63, 3.8) is 0 Å². The fraction of sp³-hybridized carbons (Fsp3) is 0.0417. The van der Waals surface area contributed by atoms with Crippen LogP contribution in [0, 0.1) is 10.1 Å². The highest BCUT2D eigenvalue weighted by atomic mass is 32.1. The van der Waals surface area contributed by atoms with Crippen LogP contribution in [0.2, 0.25) is 0 Å². The molecule has 36 heavy (non-hydrogen) atoms. The molecule has 5 aromatic rings. The van der Waals surface area contributed by atoms with E-state index in [-0.39, 0.29) is 28.5 Å². The molecule has 3 heterocycles. The maximum atomic E-state index is 12.8. The number of thiazole rings is 1. The molecule has 0 saturated carbocycles. The molecule has 2 aromatic carbocycles. The number of nitrogens with zero attached hydrogens (tertiary/aromatic N) is 2. The summed E-state index contributed by atoms with van der Waals surface area (Å²) in [5.41, 5.74) is 1.13. The highest BCUT2D eigenvalue weighted by Crippen LogP contribution is 2.34. The third-order valence-electron chi connectivity index (χ3n) is 5.11. The molecule has 3 aromatic heterocycles. The number of aromatic nitrogens is 1. The second-order valence-electron chi connectivity index (χ2n) is 7.39. The number of nitrogens with one attached hydrogen (secondary N) is 2. The van der Waals surface area contributed by atoms with E-state index in [2.05, 4.69) is 15.6 Å². The third-order valence-corrected chi connectivity index (χ3v) is 6.04. The molecule has 0 unspecified atom stereocenters. The molecule has 11 nitrogen and oxygen atoms in total. The predicted octanol–water partition coefficient (Wildman–Crippen LogP) is 5.57. The molecule has 2 N–H and O–H groups in total. The van der Waals surface area contributed by atoms with Crippen molar-refractivity contribution in [1.82, 2.24) is 4.98 Å². The molecule has 0 fully saturated rings. The Morgan fingerprint density at radius 1 is 1.03 bits per heavy atom. The van der Waals surface area contributed by atoms with Crippen molar-refractivity contribution in [2.45, 2.75) is 0 Å². The highest BCUT2D eigenvalue weighted by molar-refractivity contribution is 7.22. The van der Waals surface area contributed by atoms with Crippen LogP contribution >= 0.6 is 11.3 Å². The number of fused-ring (bicyclic) bond motifs is 1. The van der Waals surface area contributed by atoms with Crippen LogP contribution in [0.5, 0.6) is 5.75 Å². The van der Waals surface area contributed by atoms with Gasteiger partial charge in [0, 0.05) is 5.69 Å². The van der Waals surface area contributed by atoms with Crippen LogP contribution in [0.15, 0.2) is 75.8 Å². The van der Waals surface area contributed by atoms with Gasteiger partial charge in [-0.05, 0) is 54.6 Å². The summed E-state index contributed by atoms with van der Waals surface area (Å²) in [6.45, 7) is 0. The van der Waals surface area contributed by atoms with Gasteiger partial charge in [-0.1, -0.05) is 11.3 Å². The maximum absolute atomic E-state index is 12.8. The lowest BCUT2D eigenvalue weighted by molar-refractivity contribution is -0.384. The molecule has 5 rings (SSSR count). The van der Waals surface area contributed by atoms with E-state index >= 15 is 0 Å². The summed E-state index contributed by atoms with van der Waals surface area (Å²) in [4.78, 5) is 40.2. The molecule has 0 spiro atoms. The van der Waals surface area contributed by atoms with Gasteiger partial charge < -0.3 is 18.9 Å². The Labute approximate surface area is 206 Å². The van der Waals surface area contributed by atoms with Gasteiger partial charge in [-0.25, -0.2) is 4.98 Å². The summed E-state index contributed by atoms with van der Waals surface area (Å²) in [5, 5.41) is 17.3. The Hall–Kier alpha value is -4.97. The second-order valence-corrected chi connectivity index (χ2v) is 8.42. The molecule has 0 atom stereocenters. The average molecular weight is 504 g/mol. The van der Waals surface area contributed by atoms with E-state index in [9.17, 15) is 19.7 Å². The van der Waals surface area contributed by atoms with Gasteiger partial charge in [0.25, 0.3) is 17.5 Å². The van der Waals surface area contributed by atoms with Crippen molar-refractivity contribution in [1.29, 1.82) is 0 Å². The van der Waals surface area contributed by atoms with Gasteiger partial charge in [0.2, 0.25) is 0 Å². The van der Waals surface area contributed by atoms with Gasteiger partial charge in [-0.3, -0.25) is 25.0 Å². The van der Waals surface area contributed by atoms with Crippen molar-refractivity contribution < 1.29 is 28.1 Å². The minimum Gasteiger partial charge on any atom is -0.497 e. The number of anilines is 2. The van der Waals surface area contributed by atoms with Crippen LogP contribution in [-0.4, -0.2) is 28.8 Å². The zero-order valence-corrected chi connectivity index (χ0v) is 19.3. The van der Waals surface area contributed by atoms with E-state index in [4.69, 9.17) is 13.6 Å². The summed E-state index contributed by atoms with van der Waals surface area (Å²) in [6, 6.07) is 15.5. The van der Waals surface area contributed by atoms with Crippen molar-refractivity contribution in [3.05, 3.63) is 88.6 Å². The number of ether oxygens (including phenoxy) is 1. The van der Waals surface area contributed by atoms with E-state index in [1.54, 1.807) is 36.4 Å². The molecule has 0 aliphatic heterocycles. The Morgan fingerprint density at radius 2 is 1.86 bits per heavy atom. The van der Waals surface area contributed by atoms with Crippen LogP contribution in [0.25, 0.3) is 21.5 Å². The molecule has 180 valence electrons. The van der Waals surface area contributed by atoms with Gasteiger partial charge in [-0.15, -0.1) is 0 Å². The first kappa shape index (κ1) is 22.8. The number of hydrogen-bond acceptors (Lipinski definition) is 9. The SMILES string of the molecule is COc1ccc(-c2ccc(C(=O)Nc3ccc4nc(NC(=O)c5ccco5)sc4c3)o2)c([N+](=O)[O-])c1. The Kier molecular flexibility index (Phi) is 5.92. The summed E-state index contributed by atoms with van der Waals surface area (Å²) in [7, 11) is 1.41. The van der Waals surface area contributed by atoms with Gasteiger partial charge in [0.15, 0.2) is 16.7 Å². The number of nitro benzene ring substituents is 1. The second kappa shape index (κ2) is 9.35. The molecule has 0 aliphatic rings. The van der Waals surface area contributed by atoms with Crippen molar-refractivity contribution in [2.24, 2.45) is 0 Å². The topological polar surface area (TPSA) is 150 Å². The van der Waals surface area contributed by atoms with Gasteiger partial charge >= 0.3 is 0 Å². The van der Waals surface area contributed by atoms with Crippen LogP contribution in [-0.2, 0) is 0 Å². The normalized spacial score (nSPS) is 10.8. The smallest absolute Gasteiger partial charge is 0.293 e. The lowest BCUT2D eigenvalue weighted by atomic mass is 10.1. The highest BCUT2D eigenvalue weighted by Gasteiger charge is 2.21. The van der Waals surface area contributed by atoms with Gasteiger partial charge in [-0.2, -0.15) is 0 Å². The maximum Gasteiger partial charge on any atom is 0.293 e. The molecule has 2 amide bonds. The summed E-state index contributed by atoms with van der Waals surface area (Å²) < 4.78 is 16.5. The minimum atomic E-state index is -0.546. The quantitative estimate of drug-likeness (QED) is 0.216. The van der Waals surface area contributed by atoms with Crippen molar-refractivity contribution >= 4 is 49.9 Å². The lowest BCUT2D eigenvalue weighted by Crippen LogP contribution is -2.10. The van der Waals surface area contributed by atoms with E-state index in [1.165, 1.54) is 49.0 Å². The van der Waals surface area contributed by atoms with Crippen molar-refractivity contribution in [2.75, 3.05) is 17.7 Å². The van der Waals surface area contributed by atoms with Crippen molar-refractivity contribution in [3.8, 4) is 17.1 Å². The first-order valence-electron chi connectivity index (χ1n) is 10.4. The van der Waals surface area contributed by atoms with Crippen LogP contribution in [0.3, 0.4) is 0 Å². The summed E-state index contributed by atoms with van der Waals surface area (Å²) >= 11 is 1.24. The zero-order chi connectivity index (χ0) is 25.2. The number of carbonyl (C=O) groups excluding carboxylic acids is 2. The number of hydrogen-bond donors (Lipinski definition) is 2. The van der Waals surface area contributed by atoms with E-state index in [1.807, 2.05) is 0 Å². The third kappa shape index (κ3) is 4.52. The van der Waals surface area contributed by atoms with Crippen LogP contribution in [0.1, 0.15) is 21.1 Å². The predicted molar refractivity (Wildman–Crippen MR) is 132 cm³/mol. The Bertz CT molecular complexity index is 1600. The zero-order valence-electron chi connectivity index (χ0n) is 18.5. The van der Waals surface area contributed by atoms with Crippen LogP contribution in [0.4, 0.5) is 16.5 Å². The average Bonchev–Trinajstić information content (AvgIpc) is 3.64. The standard InChI is InChI=1S/C24H16N4O7S/c1-33-14-5-6-15(17(12-14)28(31)32)18-8-9-20(35-18)23(30)25-13-4-7-16-21(11-13)36-24(26-16)27-22(29)19-3-2-10-34-19/h2-12H,1H3,(H,25,30)(H,26,27,29). The largest absolute Gasteiger partial charge is 0.497 e. The van der Waals surface area contributed by atoms with Gasteiger partial charge in [0.05, 0.1) is 40.1 Å². The monoisotopic (exact) mass is 504 g/mol. The summed E-state index contributed by atoms with van der Waals surface area (Å²) in [5.74, 6) is -0.307. The summed E-state index contributed by atoms with van der Waals surface area (Å²) in [6.07, 6.45) is 1.41. The van der Waals surface area contributed by atoms with Gasteiger partial charge in [0.1, 0.15) is 11.5 Å². The number of rotatable bonds is 7. The van der Waals surface area contributed by atoms with E-state index < -0.39 is 16.7 Å². The lowest BCUT2D eigenvalue weighted by Gasteiger charge is -2.04. The Morgan fingerprint density at radius 3 is 2.61 bits per heavy atom. The first-order chi connectivity index (χ1) is 17.4. The Balaban J connectivity index is 1.32. The number of nitro groups is 1. The fourth-order valence-corrected chi connectivity index (χ4v) is 4.32. The molecular weight excluding hydrogens is 488 g/mol.